The van der Waals surface area contributed by atoms with Gasteiger partial charge in [0.05, 0.1) is 0 Å². The molecule has 0 saturated heterocycles. The van der Waals surface area contributed by atoms with E-state index in [0.717, 1.165) is 62.3 Å². The van der Waals surface area contributed by atoms with E-state index >= 15 is 0 Å². The summed E-state index contributed by atoms with van der Waals surface area (Å²) in [7, 11) is 0. The summed E-state index contributed by atoms with van der Waals surface area (Å²) in [6.07, 6.45) is 0. The zero-order valence-corrected chi connectivity index (χ0v) is 47.9. The molecule has 4 heteroatoms. The van der Waals surface area contributed by atoms with Crippen molar-refractivity contribution in [1.29, 1.82) is 0 Å². The summed E-state index contributed by atoms with van der Waals surface area (Å²) < 4.78 is 2.53. The van der Waals surface area contributed by atoms with Crippen molar-refractivity contribution in [3.8, 4) is 44.5 Å². The van der Waals surface area contributed by atoms with Gasteiger partial charge in [0.15, 0.2) is 0 Å². The summed E-state index contributed by atoms with van der Waals surface area (Å²) >= 11 is -0.105. The molecule has 14 rings (SSSR count). The minimum atomic E-state index is -0.105. The van der Waals surface area contributed by atoms with Gasteiger partial charge in [-0.25, -0.2) is 0 Å². The summed E-state index contributed by atoms with van der Waals surface area (Å²) in [5.41, 5.74) is 19.3. The third kappa shape index (κ3) is 10.6. The van der Waals surface area contributed by atoms with Gasteiger partial charge in [-0.15, -0.1) is 0 Å². The van der Waals surface area contributed by atoms with E-state index in [1.807, 2.05) is 0 Å². The molecule has 0 bridgehead atoms. The van der Waals surface area contributed by atoms with Crippen molar-refractivity contribution < 1.29 is 0 Å². The molecule has 0 amide bonds. The molecular formula is C80H57N3Se. The van der Waals surface area contributed by atoms with Crippen molar-refractivity contribution in [2.24, 2.45) is 0 Å². The van der Waals surface area contributed by atoms with Crippen LogP contribution in [-0.2, 0) is 0 Å². The Morgan fingerprint density at radius 2 is 0.464 bits per heavy atom. The van der Waals surface area contributed by atoms with Crippen LogP contribution in [0.15, 0.2) is 346 Å². The summed E-state index contributed by atoms with van der Waals surface area (Å²) in [6.45, 7) is 0. The molecule has 0 N–H and O–H groups in total. The van der Waals surface area contributed by atoms with Crippen molar-refractivity contribution in [3.05, 3.63) is 346 Å². The Morgan fingerprint density at radius 1 is 0.167 bits per heavy atom. The Morgan fingerprint density at radius 3 is 0.881 bits per heavy atom. The van der Waals surface area contributed by atoms with Crippen LogP contribution in [0.2, 0.25) is 0 Å². The number of hydrogen-bond acceptors (Lipinski definition) is 3. The van der Waals surface area contributed by atoms with Crippen LogP contribution in [0.1, 0.15) is 0 Å². The number of hydrogen-bond donors (Lipinski definition) is 0. The van der Waals surface area contributed by atoms with Gasteiger partial charge in [0.25, 0.3) is 0 Å². The second-order valence-electron chi connectivity index (χ2n) is 20.9. The molecule has 14 aromatic rings. The third-order valence-electron chi connectivity index (χ3n) is 15.6. The predicted molar refractivity (Wildman–Crippen MR) is 359 cm³/mol. The standard InChI is InChI=1S/C80H57N3Se/c1-8-27-58(28-9-1)62-51-70(81(64-33-14-4-15-34-64)65-35-16-5-17-36-65)55-71(52-62)83(67-39-20-7-21-40-67)69-41-26-42-73(56-69)84-74-54-63(59-29-10-2-11-30-59)53-72(57-74)82(66-37-18-6-19-38-66)68-49-47-61(48-50-68)80-77-45-24-22-43-75(77)79(60-31-12-3-13-32-60)76-44-23-25-46-78(76)80/h1-57H. The van der Waals surface area contributed by atoms with Gasteiger partial charge < -0.3 is 0 Å². The molecule has 14 aromatic carbocycles. The Labute approximate surface area is 498 Å². The number of rotatable bonds is 15. The predicted octanol–water partition coefficient (Wildman–Crippen LogP) is 20.7. The molecule has 84 heavy (non-hydrogen) atoms. The molecule has 3 nitrogen and oxygen atoms in total. The Balaban J connectivity index is 0.878. The average molecular weight is 1140 g/mol. The minimum absolute atomic E-state index is 0.105. The van der Waals surface area contributed by atoms with Crippen molar-refractivity contribution in [2.75, 3.05) is 14.7 Å². The molecule has 0 fully saturated rings. The van der Waals surface area contributed by atoms with E-state index in [9.17, 15) is 0 Å². The van der Waals surface area contributed by atoms with Crippen LogP contribution in [0, 0.1) is 0 Å². The summed E-state index contributed by atoms with van der Waals surface area (Å²) in [6, 6.07) is 126. The quantitative estimate of drug-likeness (QED) is 0.0748. The van der Waals surface area contributed by atoms with E-state index in [4.69, 9.17) is 0 Å². The van der Waals surface area contributed by atoms with Crippen molar-refractivity contribution >= 4 is 96.6 Å². The van der Waals surface area contributed by atoms with Crippen molar-refractivity contribution in [2.45, 2.75) is 0 Å². The van der Waals surface area contributed by atoms with Gasteiger partial charge in [-0.3, -0.25) is 0 Å². The fraction of sp³-hybridized carbons (Fsp3) is 0. The zero-order chi connectivity index (χ0) is 56.0. The van der Waals surface area contributed by atoms with E-state index < -0.39 is 0 Å². The van der Waals surface area contributed by atoms with Gasteiger partial charge in [0.2, 0.25) is 0 Å². The zero-order valence-electron chi connectivity index (χ0n) is 46.2. The van der Waals surface area contributed by atoms with Gasteiger partial charge in [0, 0.05) is 0 Å². The number of para-hydroxylation sites is 4. The first kappa shape index (κ1) is 51.7. The monoisotopic (exact) mass is 1140 g/mol. The SMILES string of the molecule is c1ccc(-c2cc([Se]c3cccc(N(c4ccccc4)c4cc(-c5ccccc5)cc(N(c5ccccc5)c5ccccc5)c4)c3)cc(N(c3ccccc3)c3ccc(-c4c5ccccc5c(-c5ccccc5)c5ccccc45)cc3)c2)cc1. The van der Waals surface area contributed by atoms with Crippen LogP contribution < -0.4 is 23.6 Å². The van der Waals surface area contributed by atoms with Crippen LogP contribution in [0.5, 0.6) is 0 Å². The second-order valence-corrected chi connectivity index (χ2v) is 23.3. The first-order valence-electron chi connectivity index (χ1n) is 28.6. The molecular weight excluding hydrogens is 1080 g/mol. The number of nitrogens with zero attached hydrogens (tertiary/aromatic N) is 3. The topological polar surface area (TPSA) is 9.72 Å². The van der Waals surface area contributed by atoms with Crippen LogP contribution >= 0.6 is 0 Å². The number of benzene rings is 14. The summed E-state index contributed by atoms with van der Waals surface area (Å²) in [5.74, 6) is 0. The molecule has 398 valence electrons. The third-order valence-corrected chi connectivity index (χ3v) is 17.6. The Bertz CT molecular complexity index is 4450. The molecule has 0 aliphatic rings. The second kappa shape index (κ2) is 23.5. The number of anilines is 9. The van der Waals surface area contributed by atoms with Gasteiger partial charge >= 0.3 is 454 Å². The van der Waals surface area contributed by atoms with E-state index in [1.165, 1.54) is 63.8 Å². The summed E-state index contributed by atoms with van der Waals surface area (Å²) in [4.78, 5) is 7.19. The molecule has 0 heterocycles. The first-order chi connectivity index (χ1) is 41.7. The number of fused-ring (bicyclic) bond motifs is 2. The Kier molecular flexibility index (Phi) is 14.5. The maximum absolute atomic E-state index is 2.42. The molecule has 0 atom stereocenters. The van der Waals surface area contributed by atoms with Gasteiger partial charge in [-0.1, -0.05) is 42.5 Å². The molecule has 0 radical (unpaired) electrons. The maximum atomic E-state index is 2.42. The Hall–Kier alpha value is -10.5. The van der Waals surface area contributed by atoms with Crippen LogP contribution in [-0.4, -0.2) is 15.0 Å². The summed E-state index contributed by atoms with van der Waals surface area (Å²) in [5, 5.41) is 4.98. The van der Waals surface area contributed by atoms with Crippen LogP contribution in [0.3, 0.4) is 0 Å². The molecule has 0 spiro atoms. The molecule has 0 aliphatic carbocycles. The van der Waals surface area contributed by atoms with Crippen LogP contribution in [0.4, 0.5) is 51.2 Å². The van der Waals surface area contributed by atoms with E-state index in [1.54, 1.807) is 0 Å². The van der Waals surface area contributed by atoms with E-state index in [-0.39, 0.29) is 15.0 Å². The normalized spacial score (nSPS) is 11.1. The van der Waals surface area contributed by atoms with Gasteiger partial charge in [0.1, 0.15) is 0 Å². The van der Waals surface area contributed by atoms with E-state index in [2.05, 4.69) is 360 Å². The molecule has 0 aliphatic heterocycles. The molecule has 0 saturated carbocycles. The van der Waals surface area contributed by atoms with Gasteiger partial charge in [-0.05, 0) is 5.56 Å². The van der Waals surface area contributed by atoms with Crippen molar-refractivity contribution in [1.82, 2.24) is 0 Å². The van der Waals surface area contributed by atoms with Crippen molar-refractivity contribution in [3.63, 3.8) is 0 Å². The fourth-order valence-corrected chi connectivity index (χ4v) is 13.8. The van der Waals surface area contributed by atoms with Gasteiger partial charge in [-0.2, -0.15) is 0 Å². The fourth-order valence-electron chi connectivity index (χ4n) is 11.8. The molecule has 0 unspecified atom stereocenters. The molecule has 0 aromatic heterocycles. The average Bonchev–Trinajstić information content (AvgIpc) is 3.75. The van der Waals surface area contributed by atoms with Crippen LogP contribution in [0.25, 0.3) is 66.1 Å². The first-order valence-corrected chi connectivity index (χ1v) is 30.3. The van der Waals surface area contributed by atoms with E-state index in [0.29, 0.717) is 0 Å².